The monoisotopic (exact) mass is 301 g/mol. The Hall–Kier alpha value is -1.94. The molecule has 0 fully saturated rings. The molecule has 0 spiro atoms. The number of esters is 1. The number of rotatable bonds is 1. The van der Waals surface area contributed by atoms with Crippen molar-refractivity contribution < 1.29 is 9.53 Å². The summed E-state index contributed by atoms with van der Waals surface area (Å²) in [6, 6.07) is 9.25. The van der Waals surface area contributed by atoms with E-state index in [1.54, 1.807) is 18.5 Å². The van der Waals surface area contributed by atoms with Crippen LogP contribution in [0.15, 0.2) is 47.2 Å². The SMILES string of the molecule is O=C1O/C(=C\c2cncc(Br)c2)c2ccccc21. The molecule has 18 heavy (non-hydrogen) atoms. The first kappa shape index (κ1) is 11.2. The number of benzene rings is 1. The fraction of sp³-hybridized carbons (Fsp3) is 0. The molecule has 1 aromatic heterocycles. The Balaban J connectivity index is 2.07. The van der Waals surface area contributed by atoms with Gasteiger partial charge in [-0.1, -0.05) is 18.2 Å². The van der Waals surface area contributed by atoms with Crippen LogP contribution >= 0.6 is 15.9 Å². The van der Waals surface area contributed by atoms with E-state index in [0.717, 1.165) is 15.6 Å². The second kappa shape index (κ2) is 4.38. The van der Waals surface area contributed by atoms with Crippen LogP contribution in [0.4, 0.5) is 0 Å². The fourth-order valence-electron chi connectivity index (χ4n) is 1.85. The summed E-state index contributed by atoms with van der Waals surface area (Å²) >= 11 is 3.36. The zero-order valence-corrected chi connectivity index (χ0v) is 10.8. The molecule has 88 valence electrons. The van der Waals surface area contributed by atoms with Gasteiger partial charge in [-0.25, -0.2) is 4.79 Å². The van der Waals surface area contributed by atoms with E-state index in [0.29, 0.717) is 11.3 Å². The normalized spacial score (nSPS) is 15.6. The van der Waals surface area contributed by atoms with E-state index < -0.39 is 0 Å². The van der Waals surface area contributed by atoms with Crippen molar-refractivity contribution in [1.29, 1.82) is 0 Å². The van der Waals surface area contributed by atoms with Gasteiger partial charge in [-0.3, -0.25) is 4.98 Å². The van der Waals surface area contributed by atoms with Crippen molar-refractivity contribution in [3.63, 3.8) is 0 Å². The fourth-order valence-corrected chi connectivity index (χ4v) is 2.23. The minimum absolute atomic E-state index is 0.306. The van der Waals surface area contributed by atoms with Gasteiger partial charge in [0.05, 0.1) is 5.56 Å². The highest BCUT2D eigenvalue weighted by molar-refractivity contribution is 9.10. The van der Waals surface area contributed by atoms with Gasteiger partial charge >= 0.3 is 5.97 Å². The zero-order chi connectivity index (χ0) is 12.5. The third kappa shape index (κ3) is 1.95. The average molecular weight is 302 g/mol. The number of halogens is 1. The maximum absolute atomic E-state index is 11.6. The van der Waals surface area contributed by atoms with Gasteiger partial charge in [0.1, 0.15) is 5.76 Å². The molecule has 0 atom stereocenters. The van der Waals surface area contributed by atoms with Crippen molar-refractivity contribution in [2.24, 2.45) is 0 Å². The van der Waals surface area contributed by atoms with Crippen LogP contribution in [0.3, 0.4) is 0 Å². The van der Waals surface area contributed by atoms with Gasteiger partial charge in [0.2, 0.25) is 0 Å². The summed E-state index contributed by atoms with van der Waals surface area (Å²) in [5.41, 5.74) is 2.30. The molecule has 2 aromatic rings. The van der Waals surface area contributed by atoms with E-state index in [-0.39, 0.29) is 5.97 Å². The van der Waals surface area contributed by atoms with E-state index in [4.69, 9.17) is 4.74 Å². The first-order valence-electron chi connectivity index (χ1n) is 5.38. The molecular weight excluding hydrogens is 294 g/mol. The van der Waals surface area contributed by atoms with Gasteiger partial charge < -0.3 is 4.74 Å². The second-order valence-corrected chi connectivity index (χ2v) is 4.80. The molecule has 0 bridgehead atoms. The van der Waals surface area contributed by atoms with Gasteiger partial charge in [-0.2, -0.15) is 0 Å². The van der Waals surface area contributed by atoms with Crippen molar-refractivity contribution in [3.05, 3.63) is 63.9 Å². The van der Waals surface area contributed by atoms with Crippen molar-refractivity contribution in [2.75, 3.05) is 0 Å². The summed E-state index contributed by atoms with van der Waals surface area (Å²) in [6.45, 7) is 0. The third-order valence-corrected chi connectivity index (χ3v) is 3.07. The molecule has 4 heteroatoms. The molecule has 0 saturated carbocycles. The van der Waals surface area contributed by atoms with Crippen LogP contribution in [-0.4, -0.2) is 11.0 Å². The molecule has 0 N–H and O–H groups in total. The highest BCUT2D eigenvalue weighted by atomic mass is 79.9. The van der Waals surface area contributed by atoms with Crippen LogP contribution in [-0.2, 0) is 4.74 Å². The Bertz CT molecular complexity index is 664. The molecule has 1 aromatic carbocycles. The Labute approximate surface area is 112 Å². The number of pyridine rings is 1. The van der Waals surface area contributed by atoms with Gasteiger partial charge in [0.25, 0.3) is 0 Å². The molecule has 0 saturated heterocycles. The van der Waals surface area contributed by atoms with Gasteiger partial charge in [-0.15, -0.1) is 0 Å². The number of fused-ring (bicyclic) bond motifs is 1. The minimum Gasteiger partial charge on any atom is -0.422 e. The van der Waals surface area contributed by atoms with Crippen molar-refractivity contribution in [2.45, 2.75) is 0 Å². The van der Waals surface area contributed by atoms with Crippen molar-refractivity contribution in [3.8, 4) is 0 Å². The lowest BCUT2D eigenvalue weighted by Crippen LogP contribution is -1.92. The van der Waals surface area contributed by atoms with Crippen LogP contribution in [0.5, 0.6) is 0 Å². The smallest absolute Gasteiger partial charge is 0.344 e. The summed E-state index contributed by atoms with van der Waals surface area (Å²) in [6.07, 6.45) is 5.23. The first-order chi connectivity index (χ1) is 8.74. The van der Waals surface area contributed by atoms with E-state index in [9.17, 15) is 4.79 Å². The van der Waals surface area contributed by atoms with Crippen LogP contribution < -0.4 is 0 Å². The molecule has 1 aliphatic rings. The van der Waals surface area contributed by atoms with Gasteiger partial charge in [0.15, 0.2) is 0 Å². The Morgan fingerprint density at radius 3 is 2.72 bits per heavy atom. The minimum atomic E-state index is -0.306. The van der Waals surface area contributed by atoms with E-state index in [1.165, 1.54) is 0 Å². The highest BCUT2D eigenvalue weighted by Gasteiger charge is 2.25. The number of carbonyl (C=O) groups excluding carboxylic acids is 1. The highest BCUT2D eigenvalue weighted by Crippen LogP contribution is 2.31. The number of hydrogen-bond acceptors (Lipinski definition) is 3. The Morgan fingerprint density at radius 1 is 1.17 bits per heavy atom. The lowest BCUT2D eigenvalue weighted by Gasteiger charge is -1.99. The Morgan fingerprint density at radius 2 is 1.94 bits per heavy atom. The third-order valence-electron chi connectivity index (χ3n) is 2.64. The summed E-state index contributed by atoms with van der Waals surface area (Å²) in [5.74, 6) is 0.260. The molecule has 0 unspecified atom stereocenters. The number of cyclic esters (lactones) is 1. The van der Waals surface area contributed by atoms with Crippen molar-refractivity contribution in [1.82, 2.24) is 4.98 Å². The lowest BCUT2D eigenvalue weighted by molar-refractivity contribution is 0.0717. The number of ether oxygens (including phenoxy) is 1. The van der Waals surface area contributed by atoms with Gasteiger partial charge in [-0.05, 0) is 39.7 Å². The topological polar surface area (TPSA) is 39.2 Å². The molecule has 2 heterocycles. The predicted molar refractivity (Wildman–Crippen MR) is 71.7 cm³/mol. The first-order valence-corrected chi connectivity index (χ1v) is 6.17. The maximum Gasteiger partial charge on any atom is 0.344 e. The molecule has 0 aliphatic carbocycles. The van der Waals surface area contributed by atoms with E-state index >= 15 is 0 Å². The second-order valence-electron chi connectivity index (χ2n) is 3.88. The molecule has 0 radical (unpaired) electrons. The van der Waals surface area contributed by atoms with Crippen LogP contribution in [0.2, 0.25) is 0 Å². The van der Waals surface area contributed by atoms with E-state index in [1.807, 2.05) is 30.3 Å². The molecule has 1 aliphatic heterocycles. The Kier molecular flexibility index (Phi) is 2.72. The summed E-state index contributed by atoms with van der Waals surface area (Å²) in [4.78, 5) is 15.7. The number of carbonyl (C=O) groups is 1. The number of aromatic nitrogens is 1. The lowest BCUT2D eigenvalue weighted by atomic mass is 10.1. The summed E-state index contributed by atoms with van der Waals surface area (Å²) < 4.78 is 6.14. The average Bonchev–Trinajstić information content (AvgIpc) is 2.67. The standard InChI is InChI=1S/C14H8BrNO2/c15-10-5-9(7-16-8-10)6-13-11-3-1-2-4-12(11)14(17)18-13/h1-8H/b13-6-. The van der Waals surface area contributed by atoms with Crippen molar-refractivity contribution >= 4 is 33.7 Å². The predicted octanol–water partition coefficient (Wildman–Crippen LogP) is 3.51. The number of hydrogen-bond donors (Lipinski definition) is 0. The zero-order valence-electron chi connectivity index (χ0n) is 9.26. The summed E-state index contributed by atoms with van der Waals surface area (Å²) in [7, 11) is 0. The maximum atomic E-state index is 11.6. The largest absolute Gasteiger partial charge is 0.422 e. The van der Waals surface area contributed by atoms with Crippen LogP contribution in [0, 0.1) is 0 Å². The molecular formula is C14H8BrNO2. The number of nitrogens with zero attached hydrogens (tertiary/aromatic N) is 1. The van der Waals surface area contributed by atoms with Crippen LogP contribution in [0.1, 0.15) is 21.5 Å². The molecule has 3 rings (SSSR count). The quantitative estimate of drug-likeness (QED) is 0.757. The molecule has 0 amide bonds. The van der Waals surface area contributed by atoms with Crippen LogP contribution in [0.25, 0.3) is 11.8 Å². The van der Waals surface area contributed by atoms with Gasteiger partial charge in [0, 0.05) is 22.4 Å². The summed E-state index contributed by atoms with van der Waals surface area (Å²) in [5, 5.41) is 0. The van der Waals surface area contributed by atoms with E-state index in [2.05, 4.69) is 20.9 Å². The molecule has 3 nitrogen and oxygen atoms in total.